The van der Waals surface area contributed by atoms with Crippen LogP contribution in [-0.2, 0) is 0 Å². The van der Waals surface area contributed by atoms with Crippen LogP contribution in [0.25, 0.3) is 0 Å². The Morgan fingerprint density at radius 1 is 1.14 bits per heavy atom. The van der Waals surface area contributed by atoms with E-state index in [1.54, 1.807) is 12.3 Å². The SMILES string of the molecule is Nc1cnc(Nc2ccncn2)nc1. The molecule has 2 heterocycles. The molecule has 0 aliphatic heterocycles. The molecule has 0 aliphatic rings. The summed E-state index contributed by atoms with van der Waals surface area (Å²) in [6.45, 7) is 0. The summed E-state index contributed by atoms with van der Waals surface area (Å²) in [6, 6.07) is 1.72. The quantitative estimate of drug-likeness (QED) is 0.717. The molecule has 70 valence electrons. The van der Waals surface area contributed by atoms with Crippen molar-refractivity contribution in [2.45, 2.75) is 0 Å². The molecule has 0 spiro atoms. The Hall–Kier alpha value is -2.24. The van der Waals surface area contributed by atoms with Crippen LogP contribution >= 0.6 is 0 Å². The van der Waals surface area contributed by atoms with Crippen molar-refractivity contribution in [2.75, 3.05) is 11.1 Å². The Labute approximate surface area is 80.3 Å². The smallest absolute Gasteiger partial charge is 0.228 e. The minimum Gasteiger partial charge on any atom is -0.396 e. The zero-order valence-electron chi connectivity index (χ0n) is 7.25. The van der Waals surface area contributed by atoms with Gasteiger partial charge in [0, 0.05) is 6.20 Å². The van der Waals surface area contributed by atoms with Crippen molar-refractivity contribution >= 4 is 17.5 Å². The molecule has 0 amide bonds. The van der Waals surface area contributed by atoms with Crippen molar-refractivity contribution < 1.29 is 0 Å². The normalized spacial score (nSPS) is 9.71. The first-order chi connectivity index (χ1) is 6.84. The number of hydrogen-bond donors (Lipinski definition) is 2. The van der Waals surface area contributed by atoms with E-state index in [0.29, 0.717) is 17.5 Å². The molecule has 0 fully saturated rings. The maximum atomic E-state index is 5.44. The lowest BCUT2D eigenvalue weighted by molar-refractivity contribution is 1.12. The lowest BCUT2D eigenvalue weighted by Gasteiger charge is -2.01. The molecule has 0 saturated carbocycles. The van der Waals surface area contributed by atoms with Crippen LogP contribution in [0, 0.1) is 0 Å². The lowest BCUT2D eigenvalue weighted by Crippen LogP contribution is -1.99. The van der Waals surface area contributed by atoms with E-state index in [9.17, 15) is 0 Å². The van der Waals surface area contributed by atoms with Crippen LogP contribution in [0.3, 0.4) is 0 Å². The third-order valence-corrected chi connectivity index (χ3v) is 1.49. The fourth-order valence-electron chi connectivity index (χ4n) is 0.882. The first-order valence-electron chi connectivity index (χ1n) is 3.95. The van der Waals surface area contributed by atoms with Crippen molar-refractivity contribution in [3.05, 3.63) is 31.0 Å². The molecule has 2 aromatic rings. The number of aromatic nitrogens is 4. The van der Waals surface area contributed by atoms with Crippen LogP contribution in [-0.4, -0.2) is 19.9 Å². The zero-order chi connectivity index (χ0) is 9.80. The average Bonchev–Trinajstić information content (AvgIpc) is 2.23. The highest BCUT2D eigenvalue weighted by Crippen LogP contribution is 2.07. The molecule has 14 heavy (non-hydrogen) atoms. The molecule has 2 rings (SSSR count). The molecule has 0 aromatic carbocycles. The summed E-state index contributed by atoms with van der Waals surface area (Å²) in [5.74, 6) is 1.10. The predicted molar refractivity (Wildman–Crippen MR) is 51.8 cm³/mol. The molecule has 0 radical (unpaired) electrons. The van der Waals surface area contributed by atoms with Crippen LogP contribution in [0.4, 0.5) is 17.5 Å². The van der Waals surface area contributed by atoms with Crippen molar-refractivity contribution in [3.8, 4) is 0 Å². The fraction of sp³-hybridized carbons (Fsp3) is 0. The van der Waals surface area contributed by atoms with E-state index in [1.165, 1.54) is 18.7 Å². The van der Waals surface area contributed by atoms with Crippen LogP contribution in [0.15, 0.2) is 31.0 Å². The lowest BCUT2D eigenvalue weighted by atomic mass is 10.5. The van der Waals surface area contributed by atoms with Gasteiger partial charge in [-0.3, -0.25) is 0 Å². The van der Waals surface area contributed by atoms with Gasteiger partial charge in [0.05, 0.1) is 18.1 Å². The molecular weight excluding hydrogens is 180 g/mol. The molecule has 0 atom stereocenters. The van der Waals surface area contributed by atoms with Gasteiger partial charge in [-0.05, 0) is 6.07 Å². The largest absolute Gasteiger partial charge is 0.396 e. The summed E-state index contributed by atoms with van der Waals surface area (Å²) in [4.78, 5) is 15.7. The second kappa shape index (κ2) is 3.65. The number of nitrogen functional groups attached to an aromatic ring is 1. The number of hydrogen-bond acceptors (Lipinski definition) is 6. The average molecular weight is 188 g/mol. The summed E-state index contributed by atoms with van der Waals surface area (Å²) >= 11 is 0. The van der Waals surface area contributed by atoms with Crippen molar-refractivity contribution in [1.29, 1.82) is 0 Å². The first-order valence-corrected chi connectivity index (χ1v) is 3.95. The molecule has 3 N–H and O–H groups in total. The highest BCUT2D eigenvalue weighted by atomic mass is 15.1. The summed E-state index contributed by atoms with van der Waals surface area (Å²) in [6.07, 6.45) is 6.12. The maximum absolute atomic E-state index is 5.44. The van der Waals surface area contributed by atoms with E-state index in [0.717, 1.165) is 0 Å². The Morgan fingerprint density at radius 2 is 1.93 bits per heavy atom. The summed E-state index contributed by atoms with van der Waals surface area (Å²) < 4.78 is 0. The Balaban J connectivity index is 2.16. The van der Waals surface area contributed by atoms with Crippen LogP contribution < -0.4 is 11.1 Å². The number of nitrogens with two attached hydrogens (primary N) is 1. The van der Waals surface area contributed by atoms with Gasteiger partial charge in [0.25, 0.3) is 0 Å². The summed E-state index contributed by atoms with van der Waals surface area (Å²) in [5, 5.41) is 2.90. The minimum atomic E-state index is 0.456. The molecule has 0 bridgehead atoms. The van der Waals surface area contributed by atoms with Crippen molar-refractivity contribution in [1.82, 2.24) is 19.9 Å². The second-order valence-corrected chi connectivity index (χ2v) is 2.56. The van der Waals surface area contributed by atoms with Crippen LogP contribution in [0.5, 0.6) is 0 Å². The Bertz CT molecular complexity index is 398. The van der Waals surface area contributed by atoms with Crippen LogP contribution in [0.2, 0.25) is 0 Å². The maximum Gasteiger partial charge on any atom is 0.228 e. The van der Waals surface area contributed by atoms with Crippen molar-refractivity contribution in [3.63, 3.8) is 0 Å². The Morgan fingerprint density at radius 3 is 2.57 bits per heavy atom. The van der Waals surface area contributed by atoms with Crippen molar-refractivity contribution in [2.24, 2.45) is 0 Å². The predicted octanol–water partition coefficient (Wildman–Crippen LogP) is 0.592. The monoisotopic (exact) mass is 188 g/mol. The van der Waals surface area contributed by atoms with Gasteiger partial charge in [0.2, 0.25) is 5.95 Å². The van der Waals surface area contributed by atoms with Gasteiger partial charge < -0.3 is 11.1 Å². The highest BCUT2D eigenvalue weighted by Gasteiger charge is 1.96. The topological polar surface area (TPSA) is 89.6 Å². The van der Waals surface area contributed by atoms with Gasteiger partial charge in [-0.15, -0.1) is 0 Å². The van der Waals surface area contributed by atoms with Gasteiger partial charge in [0.15, 0.2) is 0 Å². The highest BCUT2D eigenvalue weighted by molar-refractivity contribution is 5.47. The van der Waals surface area contributed by atoms with Gasteiger partial charge in [-0.1, -0.05) is 0 Å². The third-order valence-electron chi connectivity index (χ3n) is 1.49. The first kappa shape index (κ1) is 8.36. The molecule has 0 aliphatic carbocycles. The standard InChI is InChI=1S/C8H8N6/c9-6-3-11-8(12-4-6)14-7-1-2-10-5-13-7/h1-5H,9H2,(H,10,11,12,13,14). The number of nitrogens with zero attached hydrogens (tertiary/aromatic N) is 4. The van der Waals surface area contributed by atoms with E-state index in [4.69, 9.17) is 5.73 Å². The van der Waals surface area contributed by atoms with Gasteiger partial charge >= 0.3 is 0 Å². The molecule has 0 unspecified atom stereocenters. The van der Waals surface area contributed by atoms with Gasteiger partial charge in [0.1, 0.15) is 12.1 Å². The fourth-order valence-corrected chi connectivity index (χ4v) is 0.882. The summed E-state index contributed by atoms with van der Waals surface area (Å²) in [5.41, 5.74) is 5.97. The third kappa shape index (κ3) is 1.92. The van der Waals surface area contributed by atoms with Gasteiger partial charge in [-0.25, -0.2) is 19.9 Å². The van der Waals surface area contributed by atoms with E-state index in [-0.39, 0.29) is 0 Å². The number of rotatable bonds is 2. The van der Waals surface area contributed by atoms with E-state index in [1.807, 2.05) is 0 Å². The van der Waals surface area contributed by atoms with Gasteiger partial charge in [-0.2, -0.15) is 0 Å². The molecular formula is C8H8N6. The Kier molecular flexibility index (Phi) is 2.18. The van der Waals surface area contributed by atoms with E-state index < -0.39 is 0 Å². The molecule has 6 heteroatoms. The summed E-state index contributed by atoms with van der Waals surface area (Å²) in [7, 11) is 0. The second-order valence-electron chi connectivity index (χ2n) is 2.56. The van der Waals surface area contributed by atoms with E-state index >= 15 is 0 Å². The van der Waals surface area contributed by atoms with E-state index in [2.05, 4.69) is 25.3 Å². The number of nitrogens with one attached hydrogen (secondary N) is 1. The molecule has 6 nitrogen and oxygen atoms in total. The van der Waals surface area contributed by atoms with Crippen LogP contribution in [0.1, 0.15) is 0 Å². The minimum absolute atomic E-state index is 0.456. The molecule has 2 aromatic heterocycles. The zero-order valence-corrected chi connectivity index (χ0v) is 7.25. The number of anilines is 3. The molecule has 0 saturated heterocycles.